The van der Waals surface area contributed by atoms with Crippen LogP contribution in [0.25, 0.3) is 27.6 Å². The van der Waals surface area contributed by atoms with Crippen molar-refractivity contribution in [3.8, 4) is 17.3 Å². The molecule has 5 nitrogen and oxygen atoms in total. The summed E-state index contributed by atoms with van der Waals surface area (Å²) >= 11 is 0. The maximum atomic E-state index is 8.42. The molecule has 40 heavy (non-hydrogen) atoms. The molecular weight excluding hydrogens is 492 g/mol. The normalized spacial score (nSPS) is 22.4. The van der Waals surface area contributed by atoms with E-state index >= 15 is 0 Å². The van der Waals surface area contributed by atoms with Gasteiger partial charge in [-0.3, -0.25) is 9.05 Å². The van der Waals surface area contributed by atoms with Crippen LogP contribution in [-0.4, -0.2) is 23.2 Å². The average Bonchev–Trinajstić information content (AvgIpc) is 3.53. The number of aromatic nitrogens is 2. The Morgan fingerprint density at radius 3 is 2.38 bits per heavy atom. The number of rotatable bonds is 4. The Morgan fingerprint density at radius 2 is 1.57 bits per heavy atom. The highest BCUT2D eigenvalue weighted by Gasteiger charge is 2.59. The topological polar surface area (TPSA) is 27.1 Å². The van der Waals surface area contributed by atoms with E-state index in [1.54, 1.807) is 0 Å². The molecule has 1 fully saturated rings. The van der Waals surface area contributed by atoms with E-state index in [2.05, 4.69) is 78.0 Å². The first-order valence-electron chi connectivity index (χ1n) is 15.1. The van der Waals surface area contributed by atoms with Gasteiger partial charge in [0.2, 0.25) is 0 Å². The molecule has 196 valence electrons. The van der Waals surface area contributed by atoms with Crippen molar-refractivity contribution >= 4 is 38.9 Å². The Labute approximate surface area is 238 Å². The number of quaternary nitrogens is 2. The van der Waals surface area contributed by atoms with Gasteiger partial charge < -0.3 is 9.22 Å². The number of aryl methyl sites for hydroxylation is 3. The van der Waals surface area contributed by atoms with Gasteiger partial charge in [0, 0.05) is 47.3 Å². The van der Waals surface area contributed by atoms with Crippen LogP contribution in [-0.2, 0) is 0 Å². The molecule has 2 bridgehead atoms. The molecule has 3 aliphatic heterocycles. The van der Waals surface area contributed by atoms with E-state index in [0.29, 0.717) is 16.9 Å². The molecule has 6 aromatic rings. The van der Waals surface area contributed by atoms with Crippen LogP contribution in [0.3, 0.4) is 0 Å². The molecule has 0 aliphatic carbocycles. The molecule has 5 heterocycles. The van der Waals surface area contributed by atoms with Crippen molar-refractivity contribution in [2.75, 3.05) is 13.6 Å². The summed E-state index contributed by atoms with van der Waals surface area (Å²) in [7, 11) is 0. The molecular formula is C35H31N4O+. The van der Waals surface area contributed by atoms with E-state index in [4.69, 9.17) is 8.85 Å². The molecule has 5 heteroatoms. The highest BCUT2D eigenvalue weighted by atomic mass is 16.5. The molecule has 0 N–H and O–H groups in total. The van der Waals surface area contributed by atoms with Crippen molar-refractivity contribution < 1.29 is 8.85 Å². The third kappa shape index (κ3) is 3.19. The van der Waals surface area contributed by atoms with Crippen LogP contribution in [0.4, 0.5) is 17.1 Å². The third-order valence-electron chi connectivity index (χ3n) is 8.55. The lowest BCUT2D eigenvalue weighted by atomic mass is 10.1. The van der Waals surface area contributed by atoms with Crippen LogP contribution in [0.5, 0.6) is 11.5 Å². The molecule has 0 spiro atoms. The fraction of sp³-hybridized carbons (Fsp3) is 0.143. The van der Waals surface area contributed by atoms with Gasteiger partial charge in [0.1, 0.15) is 23.0 Å². The summed E-state index contributed by atoms with van der Waals surface area (Å²) in [6.07, 6.45) is 1.81. The van der Waals surface area contributed by atoms with Gasteiger partial charge in [0.05, 0.1) is 28.8 Å². The molecule has 9 rings (SSSR count). The number of hydrogen-bond donors (Lipinski definition) is 0. The van der Waals surface area contributed by atoms with Crippen LogP contribution >= 0.6 is 0 Å². The number of ether oxygens (including phenoxy) is 1. The molecule has 0 saturated carbocycles. The molecule has 4 aromatic carbocycles. The SMILES string of the molecule is [2H]C([2H])([2H])[N@+]12[CH-][N@+](c3cc(C)cc(Oc4ccc5c6ccccc6n(-c6ccccn6)c5c4)c3)(C1)c1cc(C)c(C)cc12. The first-order chi connectivity index (χ1) is 20.6. The lowest BCUT2D eigenvalue weighted by molar-refractivity contribution is 0.157. The Kier molecular flexibility index (Phi) is 4.11. The van der Waals surface area contributed by atoms with Crippen molar-refractivity contribution in [2.24, 2.45) is 0 Å². The predicted octanol–water partition coefficient (Wildman–Crippen LogP) is 8.58. The Balaban J connectivity index is 1.23. The van der Waals surface area contributed by atoms with Crippen molar-refractivity contribution in [1.82, 2.24) is 18.5 Å². The standard InChI is InChI=1S/C35H31N4O/c1-23-15-26(39-21-38(4,22-39)33-17-24(2)25(3)18-34(33)39)19-28(16-23)40-27-12-13-30-29-9-5-6-10-31(29)37(32(30)20-27)35-11-7-8-14-36-35/h5-21H,22H2,1-4H3/q+1/t38-,39+/m0/s1/i4D3. The van der Waals surface area contributed by atoms with E-state index < -0.39 is 6.98 Å². The van der Waals surface area contributed by atoms with Crippen LogP contribution < -0.4 is 13.7 Å². The van der Waals surface area contributed by atoms with Gasteiger partial charge in [-0.15, -0.1) is 0 Å². The van der Waals surface area contributed by atoms with Gasteiger partial charge in [0.15, 0.2) is 18.0 Å². The van der Waals surface area contributed by atoms with E-state index in [1.165, 1.54) is 0 Å². The predicted molar refractivity (Wildman–Crippen MR) is 164 cm³/mol. The number of benzene rings is 4. The summed E-state index contributed by atoms with van der Waals surface area (Å²) in [6.45, 7) is 6.40. The zero-order valence-corrected chi connectivity index (χ0v) is 22.7. The van der Waals surface area contributed by atoms with Crippen LogP contribution in [0.1, 0.15) is 20.8 Å². The summed E-state index contributed by atoms with van der Waals surface area (Å²) in [4.78, 5) is 4.64. The van der Waals surface area contributed by atoms with Gasteiger partial charge in [-0.25, -0.2) is 4.98 Å². The van der Waals surface area contributed by atoms with Crippen LogP contribution in [0.2, 0.25) is 0 Å². The second-order valence-corrected chi connectivity index (χ2v) is 11.2. The second kappa shape index (κ2) is 8.04. The molecule has 2 aromatic heterocycles. The zero-order valence-electron chi connectivity index (χ0n) is 25.7. The molecule has 0 radical (unpaired) electrons. The van der Waals surface area contributed by atoms with E-state index in [9.17, 15) is 0 Å². The van der Waals surface area contributed by atoms with Crippen molar-refractivity contribution in [3.05, 3.63) is 121 Å². The first kappa shape index (κ1) is 20.5. The van der Waals surface area contributed by atoms with Crippen molar-refractivity contribution in [2.45, 2.75) is 20.8 Å². The zero-order chi connectivity index (χ0) is 29.7. The maximum absolute atomic E-state index is 8.42. The van der Waals surface area contributed by atoms with Gasteiger partial charge in [0.25, 0.3) is 0 Å². The quantitative estimate of drug-likeness (QED) is 0.170. The maximum Gasteiger partial charge on any atom is 0.181 e. The summed E-state index contributed by atoms with van der Waals surface area (Å²) in [6, 6.07) is 30.9. The summed E-state index contributed by atoms with van der Waals surface area (Å²) in [5.74, 6) is 2.28. The minimum Gasteiger partial charge on any atom is -0.457 e. The highest BCUT2D eigenvalue weighted by molar-refractivity contribution is 6.09. The van der Waals surface area contributed by atoms with Crippen molar-refractivity contribution in [1.29, 1.82) is 0 Å². The average molecular weight is 527 g/mol. The van der Waals surface area contributed by atoms with Crippen molar-refractivity contribution in [3.63, 3.8) is 0 Å². The Morgan fingerprint density at radius 1 is 0.800 bits per heavy atom. The van der Waals surface area contributed by atoms with Gasteiger partial charge in [-0.05, 0) is 73.9 Å². The second-order valence-electron chi connectivity index (χ2n) is 11.2. The molecule has 3 aliphatic rings. The monoisotopic (exact) mass is 526 g/mol. The van der Waals surface area contributed by atoms with E-state index in [0.717, 1.165) is 67.1 Å². The summed E-state index contributed by atoms with van der Waals surface area (Å²) in [5.41, 5.74) is 8.30. The molecule has 0 unspecified atom stereocenters. The highest BCUT2D eigenvalue weighted by Crippen LogP contribution is 2.61. The van der Waals surface area contributed by atoms with Gasteiger partial charge in [-0.1, -0.05) is 24.3 Å². The lowest BCUT2D eigenvalue weighted by Gasteiger charge is -2.54. The van der Waals surface area contributed by atoms with Crippen LogP contribution in [0.15, 0.2) is 97.2 Å². The number of hydrogen-bond acceptors (Lipinski definition) is 2. The van der Waals surface area contributed by atoms with Gasteiger partial charge >= 0.3 is 0 Å². The lowest BCUT2D eigenvalue weighted by Crippen LogP contribution is -2.68. The first-order valence-corrected chi connectivity index (χ1v) is 13.6. The minimum atomic E-state index is -2.18. The fourth-order valence-corrected chi connectivity index (χ4v) is 6.55. The minimum absolute atomic E-state index is 0.109. The number of fused-ring (bicyclic) bond motifs is 3. The summed E-state index contributed by atoms with van der Waals surface area (Å²) < 4.78 is 34.3. The third-order valence-corrected chi connectivity index (χ3v) is 8.55. The smallest absolute Gasteiger partial charge is 0.181 e. The van der Waals surface area contributed by atoms with E-state index in [1.807, 2.05) is 56.2 Å². The summed E-state index contributed by atoms with van der Waals surface area (Å²) in [5, 5.41) is 2.29. The number of para-hydroxylation sites is 1. The number of nitrogens with zero attached hydrogens (tertiary/aromatic N) is 4. The molecule has 1 saturated heterocycles. The van der Waals surface area contributed by atoms with Gasteiger partial charge in [-0.2, -0.15) is 0 Å². The largest absolute Gasteiger partial charge is 0.457 e. The molecule has 0 amide bonds. The Bertz CT molecular complexity index is 2090. The molecule has 2 atom stereocenters. The Hall–Kier alpha value is -4.45. The number of pyridine rings is 1. The fourth-order valence-electron chi connectivity index (χ4n) is 6.55. The van der Waals surface area contributed by atoms with E-state index in [-0.39, 0.29) is 4.48 Å². The van der Waals surface area contributed by atoms with Crippen LogP contribution in [0, 0.1) is 27.4 Å².